The number of aromatic amines is 1. The Bertz CT molecular complexity index is 1440. The summed E-state index contributed by atoms with van der Waals surface area (Å²) in [7, 11) is 0. The summed E-state index contributed by atoms with van der Waals surface area (Å²) in [5.41, 5.74) is 8.20. The number of carbonyl (C=O) groups excluding carboxylic acids is 1. The molecule has 0 bridgehead atoms. The lowest BCUT2D eigenvalue weighted by molar-refractivity contribution is 0.0955. The minimum absolute atomic E-state index is 0.266. The number of aromatic nitrogens is 1. The zero-order valence-corrected chi connectivity index (χ0v) is 18.4. The van der Waals surface area contributed by atoms with Crippen LogP contribution in [0, 0.1) is 0 Å². The van der Waals surface area contributed by atoms with Crippen LogP contribution in [-0.4, -0.2) is 17.1 Å². The van der Waals surface area contributed by atoms with E-state index in [1.807, 2.05) is 79.0 Å². The lowest BCUT2D eigenvalue weighted by Gasteiger charge is -2.12. The molecular formula is C29H23N3O2. The maximum Gasteiger partial charge on any atom is 0.271 e. The molecule has 0 aliphatic heterocycles. The molecule has 1 aromatic heterocycles. The average Bonchev–Trinajstić information content (AvgIpc) is 3.31. The van der Waals surface area contributed by atoms with E-state index in [0.29, 0.717) is 12.2 Å². The number of ether oxygens (including phenoxy) is 1. The highest BCUT2D eigenvalue weighted by molar-refractivity contribution is 6.00. The fraction of sp³-hybridized carbons (Fsp3) is 0.0345. The van der Waals surface area contributed by atoms with Gasteiger partial charge < -0.3 is 9.72 Å². The van der Waals surface area contributed by atoms with Crippen LogP contribution in [0.2, 0.25) is 0 Å². The molecule has 5 aromatic rings. The van der Waals surface area contributed by atoms with Crippen molar-refractivity contribution in [3.05, 3.63) is 126 Å². The molecule has 166 valence electrons. The van der Waals surface area contributed by atoms with E-state index in [0.717, 1.165) is 38.9 Å². The van der Waals surface area contributed by atoms with Crippen LogP contribution in [0.25, 0.3) is 22.0 Å². The second-order valence-corrected chi connectivity index (χ2v) is 7.84. The number of nitrogens with one attached hydrogen (secondary N) is 2. The van der Waals surface area contributed by atoms with Crippen molar-refractivity contribution in [2.24, 2.45) is 5.10 Å². The van der Waals surface area contributed by atoms with E-state index in [1.54, 1.807) is 18.3 Å². The Morgan fingerprint density at radius 1 is 0.853 bits per heavy atom. The van der Waals surface area contributed by atoms with E-state index in [1.165, 1.54) is 0 Å². The molecule has 0 saturated carbocycles. The Labute approximate surface area is 197 Å². The van der Waals surface area contributed by atoms with Crippen LogP contribution in [0.15, 0.2) is 114 Å². The lowest BCUT2D eigenvalue weighted by atomic mass is 10.0. The molecule has 5 nitrogen and oxygen atoms in total. The van der Waals surface area contributed by atoms with Gasteiger partial charge in [0.15, 0.2) is 0 Å². The molecule has 0 fully saturated rings. The Morgan fingerprint density at radius 2 is 1.59 bits per heavy atom. The van der Waals surface area contributed by atoms with Crippen LogP contribution in [0.5, 0.6) is 5.75 Å². The SMILES string of the molecule is O=C(N/N=C/c1c[nH]c2ccccc12)c1ccc(COc2ccccc2-c2ccccc2)cc1. The molecular weight excluding hydrogens is 422 g/mol. The molecule has 34 heavy (non-hydrogen) atoms. The number of hydrogen-bond donors (Lipinski definition) is 2. The number of amides is 1. The molecule has 2 N–H and O–H groups in total. The molecule has 0 saturated heterocycles. The van der Waals surface area contributed by atoms with Gasteiger partial charge in [0.1, 0.15) is 12.4 Å². The molecule has 5 heteroatoms. The first-order valence-corrected chi connectivity index (χ1v) is 11.0. The van der Waals surface area contributed by atoms with Gasteiger partial charge in [-0.1, -0.05) is 78.9 Å². The smallest absolute Gasteiger partial charge is 0.271 e. The van der Waals surface area contributed by atoms with Crippen LogP contribution in [0.1, 0.15) is 21.5 Å². The predicted molar refractivity (Wildman–Crippen MR) is 136 cm³/mol. The third-order valence-corrected chi connectivity index (χ3v) is 5.57. The van der Waals surface area contributed by atoms with Crippen LogP contribution in [0.4, 0.5) is 0 Å². The molecule has 0 radical (unpaired) electrons. The number of para-hydroxylation sites is 2. The van der Waals surface area contributed by atoms with Crippen molar-refractivity contribution < 1.29 is 9.53 Å². The van der Waals surface area contributed by atoms with Gasteiger partial charge >= 0.3 is 0 Å². The molecule has 0 aliphatic rings. The zero-order chi connectivity index (χ0) is 23.2. The van der Waals surface area contributed by atoms with Crippen molar-refractivity contribution >= 4 is 23.0 Å². The molecule has 1 amide bonds. The van der Waals surface area contributed by atoms with Crippen molar-refractivity contribution in [2.45, 2.75) is 6.61 Å². The summed E-state index contributed by atoms with van der Waals surface area (Å²) in [5, 5.41) is 5.16. The number of benzene rings is 4. The Balaban J connectivity index is 1.20. The maximum atomic E-state index is 12.5. The maximum absolute atomic E-state index is 12.5. The van der Waals surface area contributed by atoms with Gasteiger partial charge in [0, 0.05) is 33.8 Å². The van der Waals surface area contributed by atoms with Crippen molar-refractivity contribution in [2.75, 3.05) is 0 Å². The number of rotatable bonds is 7. The van der Waals surface area contributed by atoms with Crippen LogP contribution in [-0.2, 0) is 6.61 Å². The fourth-order valence-corrected chi connectivity index (χ4v) is 3.79. The third-order valence-electron chi connectivity index (χ3n) is 5.57. The first-order valence-electron chi connectivity index (χ1n) is 11.0. The monoisotopic (exact) mass is 445 g/mol. The van der Waals surface area contributed by atoms with Crippen molar-refractivity contribution in [3.63, 3.8) is 0 Å². The topological polar surface area (TPSA) is 66.5 Å². The minimum atomic E-state index is -0.266. The van der Waals surface area contributed by atoms with Gasteiger partial charge in [0.2, 0.25) is 0 Å². The van der Waals surface area contributed by atoms with Crippen LogP contribution < -0.4 is 10.2 Å². The van der Waals surface area contributed by atoms with Gasteiger partial charge in [-0.05, 0) is 35.4 Å². The standard InChI is InChI=1S/C29H23N3O2/c33-29(32-31-19-24-18-30-27-12-6-4-10-25(24)27)23-16-14-21(15-17-23)20-34-28-13-7-5-11-26(28)22-8-2-1-3-9-22/h1-19,30H,20H2,(H,32,33)/b31-19+. The Kier molecular flexibility index (Phi) is 6.16. The van der Waals surface area contributed by atoms with Crippen LogP contribution in [0.3, 0.4) is 0 Å². The number of H-pyrrole nitrogens is 1. The normalized spacial score (nSPS) is 11.1. The highest BCUT2D eigenvalue weighted by Gasteiger charge is 2.08. The number of fused-ring (bicyclic) bond motifs is 1. The Morgan fingerprint density at radius 3 is 2.44 bits per heavy atom. The lowest BCUT2D eigenvalue weighted by Crippen LogP contribution is -2.17. The van der Waals surface area contributed by atoms with Gasteiger partial charge in [-0.2, -0.15) is 5.10 Å². The third kappa shape index (κ3) is 4.74. The highest BCUT2D eigenvalue weighted by atomic mass is 16.5. The van der Waals surface area contributed by atoms with E-state index in [2.05, 4.69) is 33.7 Å². The second kappa shape index (κ2) is 9.88. The van der Waals surface area contributed by atoms with Gasteiger partial charge in [-0.3, -0.25) is 4.79 Å². The quantitative estimate of drug-likeness (QED) is 0.232. The predicted octanol–water partition coefficient (Wildman–Crippen LogP) is 6.18. The molecule has 0 spiro atoms. The van der Waals surface area contributed by atoms with Crippen LogP contribution >= 0.6 is 0 Å². The summed E-state index contributed by atoms with van der Waals surface area (Å²) in [5.74, 6) is 0.556. The Hall–Kier alpha value is -4.64. The van der Waals surface area contributed by atoms with Gasteiger partial charge in [0.05, 0.1) is 6.21 Å². The summed E-state index contributed by atoms with van der Waals surface area (Å²) in [4.78, 5) is 15.6. The minimum Gasteiger partial charge on any atom is -0.488 e. The zero-order valence-electron chi connectivity index (χ0n) is 18.4. The first-order chi connectivity index (χ1) is 16.8. The number of nitrogens with zero attached hydrogens (tertiary/aromatic N) is 1. The molecule has 4 aromatic carbocycles. The van der Waals surface area contributed by atoms with Gasteiger partial charge in [-0.15, -0.1) is 0 Å². The van der Waals surface area contributed by atoms with Gasteiger partial charge in [0.25, 0.3) is 5.91 Å². The van der Waals surface area contributed by atoms with Crippen molar-refractivity contribution in [1.82, 2.24) is 10.4 Å². The molecule has 0 aliphatic carbocycles. The highest BCUT2D eigenvalue weighted by Crippen LogP contribution is 2.30. The largest absolute Gasteiger partial charge is 0.488 e. The number of hydrazone groups is 1. The molecule has 1 heterocycles. The van der Waals surface area contributed by atoms with E-state index in [-0.39, 0.29) is 5.91 Å². The van der Waals surface area contributed by atoms with E-state index in [9.17, 15) is 4.79 Å². The van der Waals surface area contributed by atoms with E-state index in [4.69, 9.17) is 4.74 Å². The summed E-state index contributed by atoms with van der Waals surface area (Å²) in [6, 6.07) is 33.4. The first kappa shape index (κ1) is 21.2. The van der Waals surface area contributed by atoms with E-state index >= 15 is 0 Å². The summed E-state index contributed by atoms with van der Waals surface area (Å²) < 4.78 is 6.09. The summed E-state index contributed by atoms with van der Waals surface area (Å²) >= 11 is 0. The number of hydrogen-bond acceptors (Lipinski definition) is 3. The summed E-state index contributed by atoms with van der Waals surface area (Å²) in [6.45, 7) is 0.407. The fourth-order valence-electron chi connectivity index (χ4n) is 3.79. The van der Waals surface area contributed by atoms with E-state index < -0.39 is 0 Å². The average molecular weight is 446 g/mol. The van der Waals surface area contributed by atoms with Crippen molar-refractivity contribution in [3.8, 4) is 16.9 Å². The summed E-state index contributed by atoms with van der Waals surface area (Å²) in [6.07, 6.45) is 3.51. The van der Waals surface area contributed by atoms with Gasteiger partial charge in [-0.25, -0.2) is 5.43 Å². The number of carbonyl (C=O) groups is 1. The second-order valence-electron chi connectivity index (χ2n) is 7.84. The molecule has 5 rings (SSSR count). The van der Waals surface area contributed by atoms with Crippen molar-refractivity contribution in [1.29, 1.82) is 0 Å². The molecule has 0 unspecified atom stereocenters. The molecule has 0 atom stereocenters.